The number of nitrogens with one attached hydrogen (secondary N) is 1. The maximum absolute atomic E-state index is 12.2. The van der Waals surface area contributed by atoms with Crippen molar-refractivity contribution in [2.24, 2.45) is 0 Å². The molecule has 2 aromatic carbocycles. The summed E-state index contributed by atoms with van der Waals surface area (Å²) in [5.41, 5.74) is 0.587. The van der Waals surface area contributed by atoms with Crippen LogP contribution in [0.5, 0.6) is 5.75 Å². The molecule has 0 radical (unpaired) electrons. The van der Waals surface area contributed by atoms with Gasteiger partial charge in [0.1, 0.15) is 5.75 Å². The number of carbonyl (C=O) groups excluding carboxylic acids is 1. The van der Waals surface area contributed by atoms with Crippen LogP contribution in [-0.4, -0.2) is 26.7 Å². The van der Waals surface area contributed by atoms with E-state index >= 15 is 0 Å². The predicted molar refractivity (Wildman–Crippen MR) is 94.4 cm³/mol. The first-order chi connectivity index (χ1) is 11.4. The monoisotopic (exact) mass is 367 g/mol. The van der Waals surface area contributed by atoms with E-state index in [1.165, 1.54) is 12.1 Å². The summed E-state index contributed by atoms with van der Waals surface area (Å²) < 4.78 is 29.7. The number of amides is 1. The molecule has 0 aromatic heterocycles. The molecule has 7 heteroatoms. The van der Waals surface area contributed by atoms with Crippen LogP contribution in [0, 0.1) is 0 Å². The van der Waals surface area contributed by atoms with Gasteiger partial charge in [0, 0.05) is 17.1 Å². The zero-order valence-electron chi connectivity index (χ0n) is 13.2. The van der Waals surface area contributed by atoms with Gasteiger partial charge in [-0.15, -0.1) is 0 Å². The predicted octanol–water partition coefficient (Wildman–Crippen LogP) is 3.54. The lowest BCUT2D eigenvalue weighted by molar-refractivity contribution is -0.115. The number of anilines is 1. The number of benzene rings is 2. The van der Waals surface area contributed by atoms with Gasteiger partial charge in [-0.2, -0.15) is 0 Å². The smallest absolute Gasteiger partial charge is 0.225 e. The Morgan fingerprint density at radius 1 is 1.17 bits per heavy atom. The number of hydrogen-bond acceptors (Lipinski definition) is 4. The number of rotatable bonds is 7. The molecule has 1 N–H and O–H groups in total. The van der Waals surface area contributed by atoms with Crippen molar-refractivity contribution < 1.29 is 17.9 Å². The van der Waals surface area contributed by atoms with Crippen molar-refractivity contribution in [2.75, 3.05) is 17.7 Å². The Balaban J connectivity index is 1.92. The highest BCUT2D eigenvalue weighted by atomic mass is 35.5. The minimum Gasteiger partial charge on any atom is -0.494 e. The second-order valence-electron chi connectivity index (χ2n) is 5.03. The molecular formula is C17H18ClNO4S. The first-order valence-electron chi connectivity index (χ1n) is 7.42. The second-order valence-corrected chi connectivity index (χ2v) is 7.58. The van der Waals surface area contributed by atoms with E-state index in [4.69, 9.17) is 16.3 Å². The quantitative estimate of drug-likeness (QED) is 0.812. The van der Waals surface area contributed by atoms with E-state index in [0.29, 0.717) is 23.1 Å². The Hall–Kier alpha value is -2.05. The van der Waals surface area contributed by atoms with Crippen molar-refractivity contribution in [1.82, 2.24) is 0 Å². The minimum absolute atomic E-state index is 0.115. The first-order valence-corrected chi connectivity index (χ1v) is 9.45. The lowest BCUT2D eigenvalue weighted by Crippen LogP contribution is -2.17. The third-order valence-electron chi connectivity index (χ3n) is 3.20. The van der Waals surface area contributed by atoms with Crippen LogP contribution in [0.1, 0.15) is 13.3 Å². The zero-order valence-corrected chi connectivity index (χ0v) is 14.7. The summed E-state index contributed by atoms with van der Waals surface area (Å²) in [5.74, 6) is 0.0553. The molecule has 2 aromatic rings. The lowest BCUT2D eigenvalue weighted by Gasteiger charge is -2.08. The molecule has 5 nitrogen and oxygen atoms in total. The van der Waals surface area contributed by atoms with Gasteiger partial charge >= 0.3 is 0 Å². The van der Waals surface area contributed by atoms with E-state index in [1.807, 2.05) is 6.92 Å². The van der Waals surface area contributed by atoms with Crippen molar-refractivity contribution in [1.29, 1.82) is 0 Å². The molecule has 0 spiro atoms. The summed E-state index contributed by atoms with van der Waals surface area (Å²) in [4.78, 5) is 12.0. The number of carbonyl (C=O) groups is 1. The summed E-state index contributed by atoms with van der Waals surface area (Å²) >= 11 is 5.80. The SMILES string of the molecule is CCOc1ccc(NC(=O)CCS(=O)(=O)c2cccc(Cl)c2)cc1. The van der Waals surface area contributed by atoms with Crippen LogP contribution in [0.2, 0.25) is 5.02 Å². The molecule has 2 rings (SSSR count). The topological polar surface area (TPSA) is 72.5 Å². The molecule has 0 unspecified atom stereocenters. The van der Waals surface area contributed by atoms with E-state index in [0.717, 1.165) is 0 Å². The molecule has 0 atom stereocenters. The standard InChI is InChI=1S/C17H18ClNO4S/c1-2-23-15-8-6-14(7-9-15)19-17(20)10-11-24(21,22)16-5-3-4-13(18)12-16/h3-9,12H,2,10-11H2,1H3,(H,19,20). The third-order valence-corrected chi connectivity index (χ3v) is 5.15. The molecular weight excluding hydrogens is 350 g/mol. The maximum atomic E-state index is 12.2. The van der Waals surface area contributed by atoms with Crippen molar-refractivity contribution >= 4 is 33.0 Å². The molecule has 0 fully saturated rings. The largest absolute Gasteiger partial charge is 0.494 e. The van der Waals surface area contributed by atoms with Crippen LogP contribution in [0.25, 0.3) is 0 Å². The van der Waals surface area contributed by atoms with Crippen molar-refractivity contribution in [3.8, 4) is 5.75 Å². The fourth-order valence-corrected chi connectivity index (χ4v) is 3.57. The van der Waals surface area contributed by atoms with Crippen LogP contribution in [0.4, 0.5) is 5.69 Å². The van der Waals surface area contributed by atoms with E-state index in [2.05, 4.69) is 5.32 Å². The highest BCUT2D eigenvalue weighted by molar-refractivity contribution is 7.91. The number of halogens is 1. The molecule has 1 amide bonds. The van der Waals surface area contributed by atoms with Gasteiger partial charge < -0.3 is 10.1 Å². The Kier molecular flexibility index (Phi) is 6.23. The summed E-state index contributed by atoms with van der Waals surface area (Å²) in [5, 5.41) is 3.00. The van der Waals surface area contributed by atoms with Crippen LogP contribution in [-0.2, 0) is 14.6 Å². The Labute approximate surface area is 146 Å². The van der Waals surface area contributed by atoms with Crippen molar-refractivity contribution in [3.05, 3.63) is 53.6 Å². The summed E-state index contributed by atoms with van der Waals surface area (Å²) in [6.45, 7) is 2.45. The normalized spacial score (nSPS) is 11.1. The summed E-state index contributed by atoms with van der Waals surface area (Å²) in [6.07, 6.45) is -0.137. The third kappa shape index (κ3) is 5.25. The van der Waals surface area contributed by atoms with Gasteiger partial charge in [0.25, 0.3) is 0 Å². The van der Waals surface area contributed by atoms with Gasteiger partial charge in [-0.3, -0.25) is 4.79 Å². The van der Waals surface area contributed by atoms with E-state index in [1.54, 1.807) is 36.4 Å². The number of hydrogen-bond donors (Lipinski definition) is 1. The number of sulfone groups is 1. The average Bonchev–Trinajstić information content (AvgIpc) is 2.55. The first kappa shape index (κ1) is 18.3. The Bertz CT molecular complexity index is 804. The highest BCUT2D eigenvalue weighted by Gasteiger charge is 2.17. The minimum atomic E-state index is -3.55. The molecule has 24 heavy (non-hydrogen) atoms. The molecule has 0 heterocycles. The molecule has 0 aliphatic carbocycles. The fraction of sp³-hybridized carbons (Fsp3) is 0.235. The number of ether oxygens (including phenoxy) is 1. The molecule has 0 saturated heterocycles. The van der Waals surface area contributed by atoms with E-state index < -0.39 is 9.84 Å². The fourth-order valence-electron chi connectivity index (χ4n) is 2.03. The van der Waals surface area contributed by atoms with Crippen LogP contribution in [0.3, 0.4) is 0 Å². The van der Waals surface area contributed by atoms with Crippen LogP contribution < -0.4 is 10.1 Å². The Morgan fingerprint density at radius 2 is 1.88 bits per heavy atom. The van der Waals surface area contributed by atoms with E-state index in [-0.39, 0.29) is 23.0 Å². The van der Waals surface area contributed by atoms with E-state index in [9.17, 15) is 13.2 Å². The summed E-state index contributed by atoms with van der Waals surface area (Å²) in [6, 6.07) is 12.9. The van der Waals surface area contributed by atoms with Gasteiger partial charge in [-0.05, 0) is 49.4 Å². The maximum Gasteiger partial charge on any atom is 0.225 e. The molecule has 0 aliphatic heterocycles. The zero-order chi connectivity index (χ0) is 17.6. The van der Waals surface area contributed by atoms with Crippen LogP contribution >= 0.6 is 11.6 Å². The van der Waals surface area contributed by atoms with Crippen molar-refractivity contribution in [3.63, 3.8) is 0 Å². The van der Waals surface area contributed by atoms with Gasteiger partial charge in [0.2, 0.25) is 5.91 Å². The molecule has 128 valence electrons. The van der Waals surface area contributed by atoms with Crippen molar-refractivity contribution in [2.45, 2.75) is 18.2 Å². The molecule has 0 bridgehead atoms. The van der Waals surface area contributed by atoms with Gasteiger partial charge in [0.05, 0.1) is 17.3 Å². The lowest BCUT2D eigenvalue weighted by atomic mass is 10.3. The average molecular weight is 368 g/mol. The second kappa shape index (κ2) is 8.17. The summed E-state index contributed by atoms with van der Waals surface area (Å²) in [7, 11) is -3.55. The Morgan fingerprint density at radius 3 is 2.50 bits per heavy atom. The van der Waals surface area contributed by atoms with Gasteiger partial charge in [-0.1, -0.05) is 17.7 Å². The molecule has 0 aliphatic rings. The highest BCUT2D eigenvalue weighted by Crippen LogP contribution is 2.18. The molecule has 0 saturated carbocycles. The van der Waals surface area contributed by atoms with Crippen LogP contribution in [0.15, 0.2) is 53.4 Å². The van der Waals surface area contributed by atoms with Gasteiger partial charge in [0.15, 0.2) is 9.84 Å². The van der Waals surface area contributed by atoms with Gasteiger partial charge in [-0.25, -0.2) is 8.42 Å².